The number of rotatable bonds is 3. The van der Waals surface area contributed by atoms with E-state index in [-0.39, 0.29) is 0 Å². The first kappa shape index (κ1) is 11.5. The number of nitrogen functional groups attached to an aromatic ring is 1. The van der Waals surface area contributed by atoms with E-state index in [1.807, 2.05) is 12.1 Å². The lowest BCUT2D eigenvalue weighted by Crippen LogP contribution is -2.40. The van der Waals surface area contributed by atoms with Gasteiger partial charge in [-0.05, 0) is 43.5 Å². The molecule has 1 atom stereocenters. The molecule has 1 unspecified atom stereocenters. The summed E-state index contributed by atoms with van der Waals surface area (Å²) in [5.74, 6) is 0. The van der Waals surface area contributed by atoms with Gasteiger partial charge in [-0.1, -0.05) is 12.1 Å². The third-order valence-corrected chi connectivity index (χ3v) is 7.50. The molecule has 4 heteroatoms. The molecule has 0 fully saturated rings. The van der Waals surface area contributed by atoms with Gasteiger partial charge in [0.15, 0.2) is 17.4 Å². The maximum atomic E-state index is 6.10. The van der Waals surface area contributed by atoms with Gasteiger partial charge >= 0.3 is 0 Å². The minimum absolute atomic E-state index is 0.822. The smallest absolute Gasteiger partial charge is 0.192 e. The van der Waals surface area contributed by atoms with E-state index in [0.717, 1.165) is 5.69 Å². The predicted molar refractivity (Wildman–Crippen MR) is 67.9 cm³/mol. The van der Waals surface area contributed by atoms with Crippen molar-refractivity contribution in [1.29, 1.82) is 0 Å². The van der Waals surface area contributed by atoms with E-state index in [2.05, 4.69) is 38.3 Å². The molecule has 0 aliphatic heterocycles. The van der Waals surface area contributed by atoms with Gasteiger partial charge in [-0.2, -0.15) is 0 Å². The number of benzene rings is 1. The van der Waals surface area contributed by atoms with Crippen LogP contribution in [-0.2, 0) is 4.12 Å². The molecule has 2 nitrogen and oxygen atoms in total. The lowest BCUT2D eigenvalue weighted by atomic mass is 10.3. The fourth-order valence-electron chi connectivity index (χ4n) is 1.37. The lowest BCUT2D eigenvalue weighted by Gasteiger charge is -2.23. The highest BCUT2D eigenvalue weighted by molar-refractivity contribution is 6.81. The average Bonchev–Trinajstić information content (AvgIpc) is 2.02. The summed E-state index contributed by atoms with van der Waals surface area (Å²) < 4.78 is 6.10. The van der Waals surface area contributed by atoms with E-state index in [4.69, 9.17) is 9.85 Å². The monoisotopic (exact) mass is 225 g/mol. The van der Waals surface area contributed by atoms with Crippen molar-refractivity contribution in [1.82, 2.24) is 0 Å². The van der Waals surface area contributed by atoms with E-state index in [1.54, 1.807) is 0 Å². The van der Waals surface area contributed by atoms with Crippen LogP contribution >= 0.6 is 0 Å². The summed E-state index contributed by atoms with van der Waals surface area (Å²) in [5.41, 5.74) is 6.46. The topological polar surface area (TPSA) is 35.2 Å². The second-order valence-corrected chi connectivity index (χ2v) is 11.7. The van der Waals surface area contributed by atoms with Gasteiger partial charge < -0.3 is 9.85 Å². The second-order valence-electron chi connectivity index (χ2n) is 4.54. The molecule has 0 spiro atoms. The molecule has 14 heavy (non-hydrogen) atoms. The van der Waals surface area contributed by atoms with Crippen molar-refractivity contribution in [2.45, 2.75) is 26.2 Å². The molecule has 0 bridgehead atoms. The summed E-state index contributed by atoms with van der Waals surface area (Å²) in [5, 5.41) is 1.33. The Kier molecular flexibility index (Phi) is 3.52. The minimum atomic E-state index is -1.39. The Labute approximate surface area is 88.9 Å². The van der Waals surface area contributed by atoms with E-state index in [9.17, 15) is 0 Å². The van der Waals surface area contributed by atoms with Crippen molar-refractivity contribution in [2.24, 2.45) is 0 Å². The predicted octanol–water partition coefficient (Wildman–Crippen LogP) is 1.68. The molecule has 0 radical (unpaired) electrons. The van der Waals surface area contributed by atoms with Gasteiger partial charge in [0.25, 0.3) is 0 Å². The van der Waals surface area contributed by atoms with Crippen LogP contribution in [0.2, 0.25) is 26.2 Å². The molecular weight excluding hydrogens is 206 g/mol. The van der Waals surface area contributed by atoms with Crippen molar-refractivity contribution in [3.8, 4) is 0 Å². The van der Waals surface area contributed by atoms with E-state index >= 15 is 0 Å². The number of hydrogen-bond acceptors (Lipinski definition) is 2. The molecule has 0 aliphatic carbocycles. The molecule has 1 aromatic rings. The first-order chi connectivity index (χ1) is 6.38. The number of nitrogens with two attached hydrogens (primary N) is 1. The third kappa shape index (κ3) is 3.65. The van der Waals surface area contributed by atoms with Crippen LogP contribution in [0.3, 0.4) is 0 Å². The molecule has 0 heterocycles. The largest absolute Gasteiger partial charge is 0.455 e. The average molecular weight is 225 g/mol. The fourth-order valence-corrected chi connectivity index (χ4v) is 6.89. The first-order valence-electron chi connectivity index (χ1n) is 4.92. The molecule has 0 amide bonds. The van der Waals surface area contributed by atoms with E-state index < -0.39 is 17.4 Å². The maximum absolute atomic E-state index is 6.10. The van der Waals surface area contributed by atoms with E-state index in [1.165, 1.54) is 5.19 Å². The zero-order valence-electron chi connectivity index (χ0n) is 9.37. The van der Waals surface area contributed by atoms with Gasteiger partial charge in [-0.25, -0.2) is 0 Å². The van der Waals surface area contributed by atoms with Crippen LogP contribution in [0, 0.1) is 0 Å². The van der Waals surface area contributed by atoms with Crippen LogP contribution in [0.25, 0.3) is 0 Å². The van der Waals surface area contributed by atoms with Gasteiger partial charge in [-0.3, -0.25) is 0 Å². The van der Waals surface area contributed by atoms with Crippen LogP contribution < -0.4 is 10.9 Å². The number of anilines is 1. The second kappa shape index (κ2) is 4.29. The van der Waals surface area contributed by atoms with Crippen LogP contribution in [0.4, 0.5) is 5.69 Å². The van der Waals surface area contributed by atoms with Crippen LogP contribution in [-0.4, -0.2) is 17.4 Å². The summed E-state index contributed by atoms with van der Waals surface area (Å²) in [6.07, 6.45) is 0. The third-order valence-electron chi connectivity index (χ3n) is 1.94. The Hall–Kier alpha value is -0.586. The molecule has 0 aliphatic rings. The van der Waals surface area contributed by atoms with Crippen molar-refractivity contribution in [3.05, 3.63) is 24.3 Å². The molecule has 0 aromatic heterocycles. The molecule has 0 saturated heterocycles. The molecule has 0 saturated carbocycles. The highest BCUT2D eigenvalue weighted by Crippen LogP contribution is 2.06. The van der Waals surface area contributed by atoms with Crippen LogP contribution in [0.5, 0.6) is 0 Å². The summed E-state index contributed by atoms with van der Waals surface area (Å²) in [7, 11) is -2.59. The Bertz CT molecular complexity index is 292. The zero-order chi connectivity index (χ0) is 10.8. The molecular formula is C10H19NOSi2. The standard InChI is InChI=1S/C10H19NOSi2/c1-13(12-14(2,3)4)10-7-5-9(11)6-8-10/h5-8,13H,11H2,1-4H3. The SMILES string of the molecule is C[SiH](O[Si](C)(C)C)c1ccc(N)cc1. The Morgan fingerprint density at radius 1 is 1.14 bits per heavy atom. The Balaban J connectivity index is 2.70. The van der Waals surface area contributed by atoms with Crippen molar-refractivity contribution in [2.75, 3.05) is 5.73 Å². The summed E-state index contributed by atoms with van der Waals surface area (Å²) >= 11 is 0. The van der Waals surface area contributed by atoms with Gasteiger partial charge in [0, 0.05) is 5.69 Å². The Morgan fingerprint density at radius 2 is 1.64 bits per heavy atom. The highest BCUT2D eigenvalue weighted by atomic mass is 28.4. The van der Waals surface area contributed by atoms with Crippen LogP contribution in [0.1, 0.15) is 0 Å². The molecule has 1 rings (SSSR count). The quantitative estimate of drug-likeness (QED) is 0.627. The first-order valence-corrected chi connectivity index (χ1v) is 10.5. The fraction of sp³-hybridized carbons (Fsp3) is 0.400. The van der Waals surface area contributed by atoms with Crippen molar-refractivity contribution in [3.63, 3.8) is 0 Å². The highest BCUT2D eigenvalue weighted by Gasteiger charge is 2.19. The van der Waals surface area contributed by atoms with Gasteiger partial charge in [0.05, 0.1) is 0 Å². The minimum Gasteiger partial charge on any atom is -0.455 e. The van der Waals surface area contributed by atoms with E-state index in [0.29, 0.717) is 0 Å². The van der Waals surface area contributed by atoms with Crippen molar-refractivity contribution >= 4 is 28.2 Å². The van der Waals surface area contributed by atoms with Crippen LogP contribution in [0.15, 0.2) is 24.3 Å². The van der Waals surface area contributed by atoms with Gasteiger partial charge in [0.2, 0.25) is 0 Å². The molecule has 78 valence electrons. The van der Waals surface area contributed by atoms with Gasteiger partial charge in [-0.15, -0.1) is 0 Å². The summed E-state index contributed by atoms with van der Waals surface area (Å²) in [6.45, 7) is 8.92. The summed E-state index contributed by atoms with van der Waals surface area (Å²) in [4.78, 5) is 0. The molecule has 1 aromatic carbocycles. The molecule has 2 N–H and O–H groups in total. The maximum Gasteiger partial charge on any atom is 0.192 e. The van der Waals surface area contributed by atoms with Gasteiger partial charge in [0.1, 0.15) is 0 Å². The lowest BCUT2D eigenvalue weighted by molar-refractivity contribution is 0.589. The normalized spacial score (nSPS) is 14.0. The number of hydrogen-bond donors (Lipinski definition) is 1. The zero-order valence-corrected chi connectivity index (χ0v) is 11.5. The summed E-state index contributed by atoms with van der Waals surface area (Å²) in [6, 6.07) is 8.08. The Morgan fingerprint density at radius 3 is 2.07 bits per heavy atom. The van der Waals surface area contributed by atoms with Crippen molar-refractivity contribution < 1.29 is 4.12 Å².